The maximum absolute atomic E-state index is 13.3. The van der Waals surface area contributed by atoms with E-state index in [0.29, 0.717) is 20.7 Å². The van der Waals surface area contributed by atoms with Gasteiger partial charge in [-0.1, -0.05) is 0 Å². The number of hydrazine groups is 1. The van der Waals surface area contributed by atoms with Crippen molar-refractivity contribution in [2.24, 2.45) is 0 Å². The summed E-state index contributed by atoms with van der Waals surface area (Å²) in [6, 6.07) is 7.81. The van der Waals surface area contributed by atoms with Gasteiger partial charge in [0.2, 0.25) is 0 Å². The van der Waals surface area contributed by atoms with Crippen molar-refractivity contribution in [2.45, 2.75) is 6.92 Å². The van der Waals surface area contributed by atoms with Gasteiger partial charge in [0.05, 0.1) is 13.5 Å². The second kappa shape index (κ2) is 6.38. The molecule has 0 spiro atoms. The number of halogens is 2. The topological polar surface area (TPSA) is 58.2 Å². The normalized spacial score (nSPS) is 10.7. The summed E-state index contributed by atoms with van der Waals surface area (Å²) >= 11 is 5.80. The van der Waals surface area contributed by atoms with Crippen molar-refractivity contribution in [3.8, 4) is 0 Å². The van der Waals surface area contributed by atoms with E-state index in [1.165, 1.54) is 34.8 Å². The third-order valence-electron chi connectivity index (χ3n) is 3.19. The Morgan fingerprint density at radius 2 is 1.83 bits per heavy atom. The van der Waals surface area contributed by atoms with E-state index in [4.69, 9.17) is 0 Å². The molecule has 8 heteroatoms. The minimum Gasteiger partial charge on any atom is -0.266 e. The standard InChI is InChI=1S/C15H10BrFN2O2S2/c1-7-9-6-8(17)2-3-10(9)23-13(7)15(21)19-18-14(20)11-4-5-12(16)22-11/h2-6H,1H3,(H,18,20)(H,19,21). The van der Waals surface area contributed by atoms with Crippen molar-refractivity contribution in [1.29, 1.82) is 0 Å². The Morgan fingerprint density at radius 3 is 2.52 bits per heavy atom. The highest BCUT2D eigenvalue weighted by Crippen LogP contribution is 2.31. The van der Waals surface area contributed by atoms with E-state index in [1.807, 2.05) is 0 Å². The molecule has 0 bridgehead atoms. The number of hydrogen-bond donors (Lipinski definition) is 2. The van der Waals surface area contributed by atoms with E-state index < -0.39 is 5.91 Å². The Hall–Kier alpha value is -1.77. The van der Waals surface area contributed by atoms with Crippen LogP contribution in [0.1, 0.15) is 24.9 Å². The summed E-state index contributed by atoms with van der Waals surface area (Å²) in [5, 5.41) is 0.702. The molecule has 0 atom stereocenters. The van der Waals surface area contributed by atoms with Gasteiger partial charge in [-0.25, -0.2) is 4.39 Å². The summed E-state index contributed by atoms with van der Waals surface area (Å²) in [5.41, 5.74) is 5.46. The van der Waals surface area contributed by atoms with Crippen molar-refractivity contribution < 1.29 is 14.0 Å². The van der Waals surface area contributed by atoms with Crippen LogP contribution in [-0.4, -0.2) is 11.8 Å². The molecule has 23 heavy (non-hydrogen) atoms. The number of amides is 2. The lowest BCUT2D eigenvalue weighted by atomic mass is 10.1. The van der Waals surface area contributed by atoms with Crippen LogP contribution in [0.15, 0.2) is 34.1 Å². The van der Waals surface area contributed by atoms with Crippen molar-refractivity contribution in [2.75, 3.05) is 0 Å². The molecule has 4 nitrogen and oxygen atoms in total. The lowest BCUT2D eigenvalue weighted by molar-refractivity contribution is 0.0851. The summed E-state index contributed by atoms with van der Waals surface area (Å²) in [7, 11) is 0. The summed E-state index contributed by atoms with van der Waals surface area (Å²) in [4.78, 5) is 25.1. The zero-order chi connectivity index (χ0) is 16.6. The van der Waals surface area contributed by atoms with Gasteiger partial charge >= 0.3 is 0 Å². The average molecular weight is 413 g/mol. The van der Waals surface area contributed by atoms with Crippen LogP contribution in [0.5, 0.6) is 0 Å². The SMILES string of the molecule is Cc1c(C(=O)NNC(=O)c2ccc(Br)s2)sc2ccc(F)cc12. The number of benzene rings is 1. The number of aryl methyl sites for hydroxylation is 1. The molecule has 1 aromatic carbocycles. The smallest absolute Gasteiger partial charge is 0.266 e. The molecular formula is C15H10BrFN2O2S2. The van der Waals surface area contributed by atoms with Crippen molar-refractivity contribution in [3.05, 3.63) is 55.3 Å². The molecule has 3 rings (SSSR count). The lowest BCUT2D eigenvalue weighted by Crippen LogP contribution is -2.41. The molecule has 0 saturated heterocycles. The molecular weight excluding hydrogens is 403 g/mol. The predicted octanol–water partition coefficient (Wildman–Crippen LogP) is 4.25. The predicted molar refractivity (Wildman–Crippen MR) is 93.5 cm³/mol. The Labute approximate surface area is 147 Å². The summed E-state index contributed by atoms with van der Waals surface area (Å²) in [6.45, 7) is 1.76. The number of carbonyl (C=O) groups excluding carboxylic acids is 2. The molecule has 2 heterocycles. The molecule has 0 unspecified atom stereocenters. The number of hydrogen-bond acceptors (Lipinski definition) is 4. The zero-order valence-electron chi connectivity index (χ0n) is 11.8. The number of rotatable bonds is 2. The van der Waals surface area contributed by atoms with Gasteiger partial charge in [-0.3, -0.25) is 20.4 Å². The van der Waals surface area contributed by atoms with Crippen molar-refractivity contribution in [1.82, 2.24) is 10.9 Å². The van der Waals surface area contributed by atoms with E-state index in [2.05, 4.69) is 26.8 Å². The number of nitrogens with one attached hydrogen (secondary N) is 2. The van der Waals surface area contributed by atoms with Gasteiger partial charge in [-0.2, -0.15) is 0 Å². The summed E-state index contributed by atoms with van der Waals surface area (Å²) in [5.74, 6) is -1.16. The third kappa shape index (κ3) is 3.29. The second-order valence-electron chi connectivity index (χ2n) is 4.71. The van der Waals surface area contributed by atoms with Gasteiger partial charge in [0.15, 0.2) is 0 Å². The Kier molecular flexibility index (Phi) is 4.47. The molecule has 0 aliphatic heterocycles. The van der Waals surface area contributed by atoms with Gasteiger partial charge < -0.3 is 0 Å². The van der Waals surface area contributed by atoms with Crippen LogP contribution in [-0.2, 0) is 0 Å². The first-order chi connectivity index (χ1) is 11.0. The maximum atomic E-state index is 13.3. The first-order valence-corrected chi connectivity index (χ1v) is 8.93. The fourth-order valence-electron chi connectivity index (χ4n) is 2.08. The van der Waals surface area contributed by atoms with Crippen LogP contribution >= 0.6 is 38.6 Å². The number of carbonyl (C=O) groups is 2. The van der Waals surface area contributed by atoms with E-state index in [9.17, 15) is 14.0 Å². The van der Waals surface area contributed by atoms with Crippen LogP contribution in [0, 0.1) is 12.7 Å². The van der Waals surface area contributed by atoms with Crippen LogP contribution in [0.25, 0.3) is 10.1 Å². The van der Waals surface area contributed by atoms with E-state index in [1.54, 1.807) is 25.1 Å². The zero-order valence-corrected chi connectivity index (χ0v) is 15.0. The van der Waals surface area contributed by atoms with Gasteiger partial charge in [-0.15, -0.1) is 22.7 Å². The van der Waals surface area contributed by atoms with Gasteiger partial charge in [0, 0.05) is 4.70 Å². The molecule has 2 N–H and O–H groups in total. The molecule has 0 saturated carbocycles. The van der Waals surface area contributed by atoms with Crippen LogP contribution < -0.4 is 10.9 Å². The molecule has 0 fully saturated rings. The second-order valence-corrected chi connectivity index (χ2v) is 8.22. The first-order valence-electron chi connectivity index (χ1n) is 6.50. The van der Waals surface area contributed by atoms with Crippen molar-refractivity contribution >= 4 is 60.5 Å². The Balaban J connectivity index is 1.76. The summed E-state index contributed by atoms with van der Waals surface area (Å²) in [6.07, 6.45) is 0. The fraction of sp³-hybridized carbons (Fsp3) is 0.0667. The average Bonchev–Trinajstić information content (AvgIpc) is 3.09. The van der Waals surface area contributed by atoms with Crippen LogP contribution in [0.2, 0.25) is 0 Å². The van der Waals surface area contributed by atoms with Gasteiger partial charge in [0.1, 0.15) is 5.82 Å². The molecule has 2 aromatic heterocycles. The highest BCUT2D eigenvalue weighted by molar-refractivity contribution is 9.11. The molecule has 3 aromatic rings. The summed E-state index contributed by atoms with van der Waals surface area (Å²) < 4.78 is 15.0. The van der Waals surface area contributed by atoms with Gasteiger partial charge in [-0.05, 0) is 64.1 Å². The van der Waals surface area contributed by atoms with E-state index in [-0.39, 0.29) is 11.7 Å². The monoisotopic (exact) mass is 412 g/mol. The fourth-order valence-corrected chi connectivity index (χ4v) is 4.44. The van der Waals surface area contributed by atoms with Crippen LogP contribution in [0.3, 0.4) is 0 Å². The van der Waals surface area contributed by atoms with E-state index in [0.717, 1.165) is 8.49 Å². The quantitative estimate of drug-likeness (QED) is 0.618. The van der Waals surface area contributed by atoms with E-state index >= 15 is 0 Å². The highest BCUT2D eigenvalue weighted by atomic mass is 79.9. The minimum absolute atomic E-state index is 0.345. The van der Waals surface area contributed by atoms with Crippen LogP contribution in [0.4, 0.5) is 4.39 Å². The first kappa shape index (κ1) is 16.1. The number of fused-ring (bicyclic) bond motifs is 1. The highest BCUT2D eigenvalue weighted by Gasteiger charge is 2.17. The number of thiophene rings is 2. The minimum atomic E-state index is -0.423. The lowest BCUT2D eigenvalue weighted by Gasteiger charge is -2.05. The van der Waals surface area contributed by atoms with Gasteiger partial charge in [0.25, 0.3) is 11.8 Å². The molecule has 0 radical (unpaired) electrons. The Bertz CT molecular complexity index is 919. The molecule has 0 aliphatic rings. The molecule has 0 aliphatic carbocycles. The third-order valence-corrected chi connectivity index (χ3v) is 6.09. The largest absolute Gasteiger partial charge is 0.280 e. The maximum Gasteiger partial charge on any atom is 0.280 e. The molecule has 118 valence electrons. The molecule has 2 amide bonds. The van der Waals surface area contributed by atoms with Crippen molar-refractivity contribution in [3.63, 3.8) is 0 Å². The Morgan fingerprint density at radius 1 is 1.09 bits per heavy atom.